The summed E-state index contributed by atoms with van der Waals surface area (Å²) in [6.07, 6.45) is 9.71. The van der Waals surface area contributed by atoms with E-state index in [2.05, 4.69) is 34.0 Å². The first-order chi connectivity index (χ1) is 13.7. The molecule has 2 bridgehead atoms. The number of nitrogens with zero attached hydrogens (tertiary/aromatic N) is 4. The van der Waals surface area contributed by atoms with E-state index in [0.717, 1.165) is 30.8 Å². The fourth-order valence-electron chi connectivity index (χ4n) is 5.47. The topological polar surface area (TPSA) is 41.5 Å². The lowest BCUT2D eigenvalue weighted by atomic mass is 9.98. The highest BCUT2D eigenvalue weighted by Crippen LogP contribution is 2.44. The number of rotatable bonds is 6. The van der Waals surface area contributed by atoms with E-state index in [1.807, 2.05) is 0 Å². The largest absolute Gasteiger partial charge is 0.377 e. The fraction of sp³-hybridized carbons (Fsp3) is 0.727. The number of likely N-dealkylation sites (tertiary alicyclic amines) is 1. The first-order valence-corrected chi connectivity index (χ1v) is 11.9. The minimum Gasteiger partial charge on any atom is -0.377 e. The molecular weight excluding hydrogens is 368 g/mol. The van der Waals surface area contributed by atoms with Gasteiger partial charge in [-0.2, -0.15) is 0 Å². The number of hydrogen-bond donors (Lipinski definition) is 0. The second kappa shape index (κ2) is 7.88. The van der Waals surface area contributed by atoms with Gasteiger partial charge in [-0.3, -0.25) is 0 Å². The molecule has 3 saturated heterocycles. The van der Waals surface area contributed by atoms with Crippen LogP contribution in [0, 0.1) is 0 Å². The molecule has 0 spiro atoms. The van der Waals surface area contributed by atoms with Gasteiger partial charge in [0, 0.05) is 18.6 Å². The van der Waals surface area contributed by atoms with Crippen LogP contribution < -0.4 is 4.90 Å². The minimum atomic E-state index is 0.417. The van der Waals surface area contributed by atoms with Crippen LogP contribution in [0.15, 0.2) is 11.7 Å². The average molecular weight is 401 g/mol. The molecular formula is C22H32N4OS. The van der Waals surface area contributed by atoms with Gasteiger partial charge in [0.05, 0.1) is 18.1 Å². The average Bonchev–Trinajstić information content (AvgIpc) is 3.40. The summed E-state index contributed by atoms with van der Waals surface area (Å²) >= 11 is 1.76. The summed E-state index contributed by atoms with van der Waals surface area (Å²) < 4.78 is 6.35. The second-order valence-electron chi connectivity index (χ2n) is 9.03. The van der Waals surface area contributed by atoms with Crippen molar-refractivity contribution in [3.05, 3.63) is 17.3 Å². The zero-order valence-electron chi connectivity index (χ0n) is 17.1. The van der Waals surface area contributed by atoms with Crippen molar-refractivity contribution in [2.24, 2.45) is 0 Å². The van der Waals surface area contributed by atoms with Gasteiger partial charge in [-0.25, -0.2) is 9.97 Å². The molecule has 5 heterocycles. The highest BCUT2D eigenvalue weighted by molar-refractivity contribution is 7.17. The summed E-state index contributed by atoms with van der Waals surface area (Å²) in [7, 11) is 0. The van der Waals surface area contributed by atoms with Gasteiger partial charge >= 0.3 is 0 Å². The van der Waals surface area contributed by atoms with Crippen LogP contribution in [0.25, 0.3) is 10.2 Å². The molecule has 6 heteroatoms. The Morgan fingerprint density at radius 1 is 1.14 bits per heavy atom. The lowest BCUT2D eigenvalue weighted by Crippen LogP contribution is -2.46. The predicted octanol–water partition coefficient (Wildman–Crippen LogP) is 4.43. The van der Waals surface area contributed by atoms with E-state index in [9.17, 15) is 0 Å². The number of thiophene rings is 1. The van der Waals surface area contributed by atoms with E-state index in [1.165, 1.54) is 55.5 Å². The van der Waals surface area contributed by atoms with Crippen molar-refractivity contribution in [3.8, 4) is 0 Å². The van der Waals surface area contributed by atoms with Crippen LogP contribution in [0.1, 0.15) is 63.9 Å². The van der Waals surface area contributed by atoms with Crippen molar-refractivity contribution in [2.75, 3.05) is 31.1 Å². The summed E-state index contributed by atoms with van der Waals surface area (Å²) in [5.74, 6) is 1.68. The quantitative estimate of drug-likeness (QED) is 0.718. The lowest BCUT2D eigenvalue weighted by Gasteiger charge is -2.40. The van der Waals surface area contributed by atoms with Crippen molar-refractivity contribution >= 4 is 27.4 Å². The standard InChI is InChI=1S/C22H32N4OS/c1-15(2)19-13-28-22-20(19)21(23-14-24-22)26-16-5-6-17(26)12-18(11-16)27-10-9-25-7-3-4-8-25/h13-18H,3-12H2,1-2H3. The number of fused-ring (bicyclic) bond motifs is 3. The summed E-state index contributed by atoms with van der Waals surface area (Å²) in [5.41, 5.74) is 1.40. The Hall–Kier alpha value is -1.24. The molecule has 28 heavy (non-hydrogen) atoms. The van der Waals surface area contributed by atoms with E-state index in [1.54, 1.807) is 17.7 Å². The highest BCUT2D eigenvalue weighted by Gasteiger charge is 2.42. The number of aromatic nitrogens is 2. The molecule has 3 fully saturated rings. The maximum atomic E-state index is 6.35. The maximum Gasteiger partial charge on any atom is 0.141 e. The van der Waals surface area contributed by atoms with E-state index in [4.69, 9.17) is 9.72 Å². The number of ether oxygens (including phenoxy) is 1. The van der Waals surface area contributed by atoms with Crippen molar-refractivity contribution < 1.29 is 4.74 Å². The van der Waals surface area contributed by atoms with Gasteiger partial charge in [0.25, 0.3) is 0 Å². The first-order valence-electron chi connectivity index (χ1n) is 11.0. The van der Waals surface area contributed by atoms with Crippen LogP contribution in [0.5, 0.6) is 0 Å². The van der Waals surface area contributed by atoms with Crippen molar-refractivity contribution in [3.63, 3.8) is 0 Å². The van der Waals surface area contributed by atoms with E-state index < -0.39 is 0 Å². The lowest BCUT2D eigenvalue weighted by molar-refractivity contribution is 0.0171. The van der Waals surface area contributed by atoms with Gasteiger partial charge in [-0.15, -0.1) is 11.3 Å². The number of hydrogen-bond acceptors (Lipinski definition) is 6. The summed E-state index contributed by atoms with van der Waals surface area (Å²) in [6, 6.07) is 1.13. The van der Waals surface area contributed by atoms with Gasteiger partial charge in [0.2, 0.25) is 0 Å². The van der Waals surface area contributed by atoms with Crippen LogP contribution in [-0.2, 0) is 4.74 Å². The maximum absolute atomic E-state index is 6.35. The Morgan fingerprint density at radius 2 is 1.89 bits per heavy atom. The van der Waals surface area contributed by atoms with Crippen LogP contribution in [0.2, 0.25) is 0 Å². The first kappa shape index (κ1) is 18.8. The molecule has 0 aromatic carbocycles. The normalized spacial score (nSPS) is 28.1. The monoisotopic (exact) mass is 400 g/mol. The highest BCUT2D eigenvalue weighted by atomic mass is 32.1. The van der Waals surface area contributed by atoms with Crippen molar-refractivity contribution in [1.29, 1.82) is 0 Å². The molecule has 2 aromatic heterocycles. The van der Waals surface area contributed by atoms with Gasteiger partial charge in [-0.05, 0) is 68.5 Å². The summed E-state index contributed by atoms with van der Waals surface area (Å²) in [4.78, 5) is 15.7. The van der Waals surface area contributed by atoms with Crippen LogP contribution in [0.3, 0.4) is 0 Å². The van der Waals surface area contributed by atoms with Crippen LogP contribution >= 0.6 is 11.3 Å². The molecule has 0 amide bonds. The fourth-order valence-corrected chi connectivity index (χ4v) is 6.53. The third-order valence-electron chi connectivity index (χ3n) is 6.89. The Balaban J connectivity index is 1.31. The third kappa shape index (κ3) is 3.44. The zero-order valence-corrected chi connectivity index (χ0v) is 18.0. The molecule has 0 radical (unpaired) electrons. The Morgan fingerprint density at radius 3 is 2.61 bits per heavy atom. The van der Waals surface area contributed by atoms with Crippen LogP contribution in [-0.4, -0.2) is 59.3 Å². The molecule has 2 unspecified atom stereocenters. The van der Waals surface area contributed by atoms with Gasteiger partial charge in [-0.1, -0.05) is 13.8 Å². The van der Waals surface area contributed by atoms with Gasteiger partial charge in [0.1, 0.15) is 17.0 Å². The summed E-state index contributed by atoms with van der Waals surface area (Å²) in [5, 5.41) is 3.58. The SMILES string of the molecule is CC(C)c1csc2ncnc(N3C4CCC3CC(OCCN3CCCC3)C4)c12. The molecule has 2 aromatic rings. The molecule has 3 aliphatic rings. The smallest absolute Gasteiger partial charge is 0.141 e. The molecule has 5 nitrogen and oxygen atoms in total. The number of piperidine rings is 1. The van der Waals surface area contributed by atoms with Crippen molar-refractivity contribution in [2.45, 2.75) is 76.5 Å². The van der Waals surface area contributed by atoms with Gasteiger partial charge in [0.15, 0.2) is 0 Å². The molecule has 3 aliphatic heterocycles. The molecule has 152 valence electrons. The molecule has 2 atom stereocenters. The Kier molecular flexibility index (Phi) is 5.28. The number of anilines is 1. The predicted molar refractivity (Wildman–Crippen MR) is 115 cm³/mol. The third-order valence-corrected chi connectivity index (χ3v) is 7.80. The van der Waals surface area contributed by atoms with E-state index in [-0.39, 0.29) is 0 Å². The molecule has 0 saturated carbocycles. The molecule has 0 aliphatic carbocycles. The van der Waals surface area contributed by atoms with E-state index in [0.29, 0.717) is 24.1 Å². The molecule has 5 rings (SSSR count). The van der Waals surface area contributed by atoms with Crippen LogP contribution in [0.4, 0.5) is 5.82 Å². The van der Waals surface area contributed by atoms with Gasteiger partial charge < -0.3 is 14.5 Å². The second-order valence-corrected chi connectivity index (χ2v) is 9.89. The molecule has 0 N–H and O–H groups in total. The Bertz CT molecular complexity index is 802. The zero-order chi connectivity index (χ0) is 19.1. The van der Waals surface area contributed by atoms with Crippen molar-refractivity contribution in [1.82, 2.24) is 14.9 Å². The minimum absolute atomic E-state index is 0.417. The van der Waals surface area contributed by atoms with E-state index >= 15 is 0 Å². The summed E-state index contributed by atoms with van der Waals surface area (Å²) in [6.45, 7) is 9.06. The Labute approximate surface area is 172 Å².